The first-order valence-electron chi connectivity index (χ1n) is 4.91. The van der Waals surface area contributed by atoms with Gasteiger partial charge in [-0.3, -0.25) is 0 Å². The van der Waals surface area contributed by atoms with Crippen LogP contribution in [-0.4, -0.2) is 69.3 Å². The van der Waals surface area contributed by atoms with Crippen LogP contribution in [0.5, 0.6) is 0 Å². The van der Waals surface area contributed by atoms with Gasteiger partial charge in [0.05, 0.1) is 25.4 Å². The largest absolute Gasteiger partial charge is 0.396 e. The standard InChI is InChI=1S/C9H20O6/c10-2-1-6(3-11)9(15)7(4-12)8(14)5-13/h6-15H,1-5H2. The molecule has 0 spiro atoms. The molecule has 0 aromatic rings. The molecule has 0 rings (SSSR count). The molecular weight excluding hydrogens is 204 g/mol. The topological polar surface area (TPSA) is 121 Å². The van der Waals surface area contributed by atoms with Crippen molar-refractivity contribution in [3.8, 4) is 0 Å². The first-order valence-corrected chi connectivity index (χ1v) is 4.91. The summed E-state index contributed by atoms with van der Waals surface area (Å²) in [5, 5.41) is 54.2. The molecule has 4 unspecified atom stereocenters. The van der Waals surface area contributed by atoms with Crippen LogP contribution in [0.2, 0.25) is 0 Å². The summed E-state index contributed by atoms with van der Waals surface area (Å²) in [7, 11) is 0. The minimum Gasteiger partial charge on any atom is -0.396 e. The van der Waals surface area contributed by atoms with E-state index in [0.717, 1.165) is 0 Å². The van der Waals surface area contributed by atoms with E-state index in [4.69, 9.17) is 20.4 Å². The zero-order valence-corrected chi connectivity index (χ0v) is 8.53. The van der Waals surface area contributed by atoms with Gasteiger partial charge in [0.1, 0.15) is 0 Å². The summed E-state index contributed by atoms with van der Waals surface area (Å²) in [6.45, 7) is -1.61. The molecule has 0 aromatic carbocycles. The van der Waals surface area contributed by atoms with E-state index < -0.39 is 37.3 Å². The predicted molar refractivity (Wildman–Crippen MR) is 52.0 cm³/mol. The third-order valence-electron chi connectivity index (χ3n) is 2.55. The van der Waals surface area contributed by atoms with E-state index in [1.807, 2.05) is 0 Å². The van der Waals surface area contributed by atoms with Crippen molar-refractivity contribution in [2.24, 2.45) is 11.8 Å². The zero-order chi connectivity index (χ0) is 11.8. The Hall–Kier alpha value is -0.240. The minimum atomic E-state index is -1.24. The Morgan fingerprint density at radius 2 is 1.40 bits per heavy atom. The Bertz CT molecular complexity index is 154. The molecular formula is C9H20O6. The van der Waals surface area contributed by atoms with Crippen molar-refractivity contribution < 1.29 is 30.6 Å². The number of hydrogen-bond acceptors (Lipinski definition) is 6. The highest BCUT2D eigenvalue weighted by molar-refractivity contribution is 4.80. The van der Waals surface area contributed by atoms with Crippen molar-refractivity contribution in [1.29, 1.82) is 0 Å². The lowest BCUT2D eigenvalue weighted by Gasteiger charge is -2.29. The fourth-order valence-corrected chi connectivity index (χ4v) is 1.48. The van der Waals surface area contributed by atoms with E-state index in [1.54, 1.807) is 0 Å². The molecule has 6 heteroatoms. The van der Waals surface area contributed by atoms with Gasteiger partial charge in [-0.15, -0.1) is 0 Å². The summed E-state index contributed by atoms with van der Waals surface area (Å²) < 4.78 is 0. The fourth-order valence-electron chi connectivity index (χ4n) is 1.48. The molecule has 0 saturated carbocycles. The Morgan fingerprint density at radius 1 is 0.800 bits per heavy atom. The third-order valence-corrected chi connectivity index (χ3v) is 2.55. The molecule has 0 heterocycles. The molecule has 0 radical (unpaired) electrons. The van der Waals surface area contributed by atoms with Gasteiger partial charge < -0.3 is 30.6 Å². The molecule has 0 amide bonds. The van der Waals surface area contributed by atoms with Crippen molar-refractivity contribution in [3.05, 3.63) is 0 Å². The van der Waals surface area contributed by atoms with Crippen LogP contribution in [-0.2, 0) is 0 Å². The van der Waals surface area contributed by atoms with E-state index in [0.29, 0.717) is 0 Å². The maximum Gasteiger partial charge on any atom is 0.0845 e. The molecule has 6 nitrogen and oxygen atoms in total. The molecule has 92 valence electrons. The van der Waals surface area contributed by atoms with Gasteiger partial charge in [-0.2, -0.15) is 0 Å². The maximum absolute atomic E-state index is 9.70. The lowest BCUT2D eigenvalue weighted by molar-refractivity contribution is -0.0717. The summed E-state index contributed by atoms with van der Waals surface area (Å²) in [6, 6.07) is 0. The highest BCUT2D eigenvalue weighted by Crippen LogP contribution is 2.19. The molecule has 0 aliphatic heterocycles. The molecule has 6 N–H and O–H groups in total. The Kier molecular flexibility index (Phi) is 7.85. The minimum absolute atomic E-state index is 0.173. The molecule has 15 heavy (non-hydrogen) atoms. The van der Waals surface area contributed by atoms with Crippen molar-refractivity contribution in [2.45, 2.75) is 18.6 Å². The van der Waals surface area contributed by atoms with Gasteiger partial charge in [0, 0.05) is 25.0 Å². The SMILES string of the molecule is OCCC(CO)C(O)C(CO)C(O)CO. The summed E-state index contributed by atoms with van der Waals surface area (Å²) in [4.78, 5) is 0. The van der Waals surface area contributed by atoms with Gasteiger partial charge in [-0.25, -0.2) is 0 Å². The van der Waals surface area contributed by atoms with Crippen LogP contribution < -0.4 is 0 Å². The Balaban J connectivity index is 4.38. The van der Waals surface area contributed by atoms with Crippen LogP contribution in [0.3, 0.4) is 0 Å². The number of aliphatic hydroxyl groups is 6. The average molecular weight is 224 g/mol. The normalized spacial score (nSPS) is 19.6. The zero-order valence-electron chi connectivity index (χ0n) is 8.53. The monoisotopic (exact) mass is 224 g/mol. The smallest absolute Gasteiger partial charge is 0.0845 e. The maximum atomic E-state index is 9.70. The second kappa shape index (κ2) is 7.98. The second-order valence-corrected chi connectivity index (χ2v) is 3.54. The summed E-state index contributed by atoms with van der Waals surface area (Å²) in [6.07, 6.45) is -2.22. The molecule has 0 bridgehead atoms. The Labute approximate surface area is 88.4 Å². The molecule has 4 atom stereocenters. The highest BCUT2D eigenvalue weighted by atomic mass is 16.3. The van der Waals surface area contributed by atoms with E-state index in [9.17, 15) is 10.2 Å². The van der Waals surface area contributed by atoms with Gasteiger partial charge in [-0.1, -0.05) is 0 Å². The van der Waals surface area contributed by atoms with Gasteiger partial charge in [0.2, 0.25) is 0 Å². The van der Waals surface area contributed by atoms with Crippen molar-refractivity contribution in [2.75, 3.05) is 26.4 Å². The summed E-state index contributed by atoms with van der Waals surface area (Å²) in [5.74, 6) is -1.54. The summed E-state index contributed by atoms with van der Waals surface area (Å²) in [5.41, 5.74) is 0. The van der Waals surface area contributed by atoms with E-state index in [1.165, 1.54) is 0 Å². The van der Waals surface area contributed by atoms with Gasteiger partial charge >= 0.3 is 0 Å². The number of aliphatic hydroxyl groups excluding tert-OH is 6. The fraction of sp³-hybridized carbons (Fsp3) is 1.00. The average Bonchev–Trinajstić information content (AvgIpc) is 2.26. The van der Waals surface area contributed by atoms with E-state index in [-0.39, 0.29) is 19.6 Å². The Morgan fingerprint density at radius 3 is 1.73 bits per heavy atom. The highest BCUT2D eigenvalue weighted by Gasteiger charge is 2.31. The van der Waals surface area contributed by atoms with Crippen LogP contribution in [0, 0.1) is 11.8 Å². The van der Waals surface area contributed by atoms with Gasteiger partial charge in [-0.05, 0) is 6.42 Å². The molecule has 0 aliphatic carbocycles. The number of rotatable bonds is 8. The van der Waals surface area contributed by atoms with Gasteiger partial charge in [0.25, 0.3) is 0 Å². The van der Waals surface area contributed by atoms with Crippen molar-refractivity contribution >= 4 is 0 Å². The van der Waals surface area contributed by atoms with Crippen molar-refractivity contribution in [1.82, 2.24) is 0 Å². The first kappa shape index (κ1) is 14.8. The molecule has 0 fully saturated rings. The predicted octanol–water partition coefficient (Wildman–Crippen LogP) is -2.70. The lowest BCUT2D eigenvalue weighted by Crippen LogP contribution is -2.42. The summed E-state index contributed by atoms with van der Waals surface area (Å²) >= 11 is 0. The first-order chi connectivity index (χ1) is 7.12. The van der Waals surface area contributed by atoms with Crippen LogP contribution in [0.4, 0.5) is 0 Å². The third kappa shape index (κ3) is 4.42. The van der Waals surface area contributed by atoms with Crippen molar-refractivity contribution in [3.63, 3.8) is 0 Å². The van der Waals surface area contributed by atoms with Gasteiger partial charge in [0.15, 0.2) is 0 Å². The van der Waals surface area contributed by atoms with E-state index in [2.05, 4.69) is 0 Å². The second-order valence-electron chi connectivity index (χ2n) is 3.54. The van der Waals surface area contributed by atoms with Crippen LogP contribution in [0.1, 0.15) is 6.42 Å². The van der Waals surface area contributed by atoms with Crippen LogP contribution >= 0.6 is 0 Å². The number of hydrogen-bond donors (Lipinski definition) is 6. The lowest BCUT2D eigenvalue weighted by atomic mass is 9.86. The molecule has 0 aromatic heterocycles. The van der Waals surface area contributed by atoms with E-state index >= 15 is 0 Å². The van der Waals surface area contributed by atoms with Crippen LogP contribution in [0.15, 0.2) is 0 Å². The quantitative estimate of drug-likeness (QED) is 0.267. The molecule has 0 saturated heterocycles. The van der Waals surface area contributed by atoms with Crippen LogP contribution in [0.25, 0.3) is 0 Å². The molecule has 0 aliphatic rings.